The lowest BCUT2D eigenvalue weighted by atomic mass is 9.59. The summed E-state index contributed by atoms with van der Waals surface area (Å²) >= 11 is 0. The van der Waals surface area contributed by atoms with Crippen molar-refractivity contribution in [1.82, 2.24) is 0 Å². The molecule has 1 nitrogen and oxygen atoms in total. The molecule has 0 fully saturated rings. The molecule has 0 atom stereocenters. The third-order valence-corrected chi connectivity index (χ3v) is 9.61. The Kier molecular flexibility index (Phi) is 5.86. The Morgan fingerprint density at radius 3 is 1.57 bits per heavy atom. The van der Waals surface area contributed by atoms with Gasteiger partial charge >= 0.3 is 0 Å². The van der Waals surface area contributed by atoms with Crippen molar-refractivity contribution in [2.24, 2.45) is 5.41 Å². The molecule has 5 rings (SSSR count). The van der Waals surface area contributed by atoms with Gasteiger partial charge in [-0.05, 0) is 106 Å². The Morgan fingerprint density at radius 2 is 1.08 bits per heavy atom. The lowest BCUT2D eigenvalue weighted by Crippen LogP contribution is -2.42. The van der Waals surface area contributed by atoms with Crippen LogP contribution in [0.15, 0.2) is 84.9 Å². The maximum absolute atomic E-state index is 15.9. The van der Waals surface area contributed by atoms with E-state index in [9.17, 15) is 0 Å². The van der Waals surface area contributed by atoms with Crippen molar-refractivity contribution in [3.8, 4) is 11.1 Å². The molecule has 190 valence electrons. The van der Waals surface area contributed by atoms with Gasteiger partial charge in [-0.15, -0.1) is 0 Å². The highest BCUT2D eigenvalue weighted by Gasteiger charge is 2.58. The van der Waals surface area contributed by atoms with Crippen molar-refractivity contribution < 1.29 is 4.39 Å². The average Bonchev–Trinajstić information content (AvgIpc) is 2.94. The number of para-hydroxylation sites is 2. The minimum atomic E-state index is -0.256. The van der Waals surface area contributed by atoms with Crippen LogP contribution in [0.3, 0.4) is 0 Å². The highest BCUT2D eigenvalue weighted by molar-refractivity contribution is 5.82. The number of fused-ring (bicyclic) bond motifs is 1. The van der Waals surface area contributed by atoms with Gasteiger partial charge in [0.2, 0.25) is 0 Å². The van der Waals surface area contributed by atoms with Crippen LogP contribution in [-0.4, -0.2) is 0 Å². The van der Waals surface area contributed by atoms with Crippen LogP contribution < -0.4 is 4.90 Å². The zero-order chi connectivity index (χ0) is 26.8. The van der Waals surface area contributed by atoms with Gasteiger partial charge in [0.05, 0.1) is 0 Å². The first-order chi connectivity index (χ1) is 17.4. The molecule has 1 aliphatic carbocycles. The van der Waals surface area contributed by atoms with Gasteiger partial charge in [-0.3, -0.25) is 0 Å². The predicted molar refractivity (Wildman–Crippen MR) is 156 cm³/mol. The molecule has 0 heterocycles. The molecule has 0 bridgehead atoms. The van der Waals surface area contributed by atoms with Crippen LogP contribution in [0.4, 0.5) is 21.5 Å². The lowest BCUT2D eigenvalue weighted by molar-refractivity contribution is 0.123. The molecule has 37 heavy (non-hydrogen) atoms. The van der Waals surface area contributed by atoms with Gasteiger partial charge in [-0.2, -0.15) is 0 Å². The van der Waals surface area contributed by atoms with E-state index in [1.807, 2.05) is 12.1 Å². The largest absolute Gasteiger partial charge is 0.310 e. The topological polar surface area (TPSA) is 3.24 Å². The van der Waals surface area contributed by atoms with Crippen molar-refractivity contribution >= 4 is 17.1 Å². The van der Waals surface area contributed by atoms with Crippen molar-refractivity contribution in [2.45, 2.75) is 66.2 Å². The molecular weight excluding hydrogens is 453 g/mol. The Labute approximate surface area is 222 Å². The van der Waals surface area contributed by atoms with E-state index in [1.165, 1.54) is 0 Å². The van der Waals surface area contributed by atoms with Crippen LogP contribution in [0.2, 0.25) is 0 Å². The fraction of sp³-hybridized carbons (Fsp3) is 0.314. The first-order valence-electron chi connectivity index (χ1n) is 13.2. The van der Waals surface area contributed by atoms with Crippen LogP contribution in [0.25, 0.3) is 11.1 Å². The number of nitrogens with zero attached hydrogens (tertiary/aromatic N) is 1. The maximum atomic E-state index is 15.9. The molecule has 0 amide bonds. The van der Waals surface area contributed by atoms with Crippen molar-refractivity contribution in [3.05, 3.63) is 113 Å². The van der Waals surface area contributed by atoms with E-state index >= 15 is 4.39 Å². The second-order valence-corrected chi connectivity index (χ2v) is 12.2. The monoisotopic (exact) mass is 491 g/mol. The second-order valence-electron chi connectivity index (χ2n) is 12.2. The third-order valence-electron chi connectivity index (χ3n) is 9.61. The molecule has 0 radical (unpaired) electrons. The molecule has 0 N–H and O–H groups in total. The maximum Gasteiger partial charge on any atom is 0.127 e. The molecule has 0 aromatic heterocycles. The lowest BCUT2D eigenvalue weighted by Gasteiger charge is -2.44. The predicted octanol–water partition coefficient (Wildman–Crippen LogP) is 10.2. The van der Waals surface area contributed by atoms with Gasteiger partial charge in [-0.1, -0.05) is 84.0 Å². The van der Waals surface area contributed by atoms with E-state index in [2.05, 4.69) is 127 Å². The summed E-state index contributed by atoms with van der Waals surface area (Å²) in [6.07, 6.45) is 0. The third kappa shape index (κ3) is 3.72. The number of aryl methyl sites for hydroxylation is 2. The summed E-state index contributed by atoms with van der Waals surface area (Å²) in [5.41, 5.74) is 9.19. The Bertz CT molecular complexity index is 1400. The Balaban J connectivity index is 1.67. The standard InChI is InChI=1S/C35H38FN/c1-23-19-28(37(26-15-11-9-12-16-26)27-17-13-10-14-18-27)20-24(2)31(23)25-21-29-32(30(36)22-25)34(5,6)35(7,8)33(29,3)4/h9-22H,1-8H3. The molecule has 0 saturated heterocycles. The minimum absolute atomic E-state index is 0.0817. The van der Waals surface area contributed by atoms with E-state index in [1.54, 1.807) is 6.07 Å². The van der Waals surface area contributed by atoms with E-state index in [4.69, 9.17) is 0 Å². The second kappa shape index (κ2) is 8.58. The summed E-state index contributed by atoms with van der Waals surface area (Å²) in [6.45, 7) is 17.8. The fourth-order valence-electron chi connectivity index (χ4n) is 6.44. The molecule has 0 unspecified atom stereocenters. The Hall–Kier alpha value is -3.39. The fourth-order valence-corrected chi connectivity index (χ4v) is 6.44. The number of benzene rings is 4. The normalized spacial score (nSPS) is 16.9. The minimum Gasteiger partial charge on any atom is -0.310 e. The van der Waals surface area contributed by atoms with Crippen LogP contribution in [0.5, 0.6) is 0 Å². The van der Waals surface area contributed by atoms with E-state index in [0.717, 1.165) is 50.4 Å². The summed E-state index contributed by atoms with van der Waals surface area (Å²) in [6, 6.07) is 29.4. The quantitative estimate of drug-likeness (QED) is 0.274. The molecule has 0 aliphatic heterocycles. The van der Waals surface area contributed by atoms with Gasteiger partial charge in [0, 0.05) is 17.1 Å². The zero-order valence-electron chi connectivity index (χ0n) is 23.4. The summed E-state index contributed by atoms with van der Waals surface area (Å²) in [4.78, 5) is 2.28. The summed E-state index contributed by atoms with van der Waals surface area (Å²) < 4.78 is 15.9. The summed E-state index contributed by atoms with van der Waals surface area (Å²) in [5, 5.41) is 0. The number of hydrogen-bond acceptors (Lipinski definition) is 1. The first kappa shape index (κ1) is 25.3. The van der Waals surface area contributed by atoms with Gasteiger partial charge in [0.15, 0.2) is 0 Å². The summed E-state index contributed by atoms with van der Waals surface area (Å²) in [5.74, 6) is -0.0887. The molecule has 2 heteroatoms. The number of halogens is 1. The van der Waals surface area contributed by atoms with Gasteiger partial charge < -0.3 is 4.90 Å². The van der Waals surface area contributed by atoms with Gasteiger partial charge in [-0.25, -0.2) is 4.39 Å². The van der Waals surface area contributed by atoms with Crippen LogP contribution in [-0.2, 0) is 10.8 Å². The zero-order valence-corrected chi connectivity index (χ0v) is 23.4. The summed E-state index contributed by atoms with van der Waals surface area (Å²) in [7, 11) is 0. The van der Waals surface area contributed by atoms with E-state index in [0.29, 0.717) is 0 Å². The van der Waals surface area contributed by atoms with Crippen LogP contribution >= 0.6 is 0 Å². The number of hydrogen-bond donors (Lipinski definition) is 0. The number of rotatable bonds is 4. The van der Waals surface area contributed by atoms with Crippen molar-refractivity contribution in [2.75, 3.05) is 4.90 Å². The van der Waals surface area contributed by atoms with Crippen molar-refractivity contribution in [3.63, 3.8) is 0 Å². The van der Waals surface area contributed by atoms with Gasteiger partial charge in [0.25, 0.3) is 0 Å². The molecule has 1 aliphatic rings. The molecule has 0 saturated carbocycles. The van der Waals surface area contributed by atoms with Crippen molar-refractivity contribution in [1.29, 1.82) is 0 Å². The SMILES string of the molecule is Cc1cc(N(c2ccccc2)c2ccccc2)cc(C)c1-c1cc(F)c2c(c1)C(C)(C)C(C)(C)C2(C)C. The highest BCUT2D eigenvalue weighted by atomic mass is 19.1. The molecule has 4 aromatic carbocycles. The molecular formula is C35H38FN. The highest BCUT2D eigenvalue weighted by Crippen LogP contribution is 2.62. The Morgan fingerprint density at radius 1 is 0.595 bits per heavy atom. The van der Waals surface area contributed by atoms with E-state index in [-0.39, 0.29) is 22.1 Å². The molecule has 4 aromatic rings. The van der Waals surface area contributed by atoms with Crippen LogP contribution in [0.1, 0.15) is 63.8 Å². The smallest absolute Gasteiger partial charge is 0.127 e. The van der Waals surface area contributed by atoms with E-state index < -0.39 is 0 Å². The van der Waals surface area contributed by atoms with Crippen LogP contribution in [0, 0.1) is 25.1 Å². The van der Waals surface area contributed by atoms with Gasteiger partial charge in [0.1, 0.15) is 5.82 Å². The molecule has 0 spiro atoms. The first-order valence-corrected chi connectivity index (χ1v) is 13.2. The average molecular weight is 492 g/mol. The number of anilines is 3.